The number of likely N-dealkylation sites (tertiary alicyclic amines) is 2. The monoisotopic (exact) mass is 468 g/mol. The molecule has 10 heteroatoms. The fourth-order valence-electron chi connectivity index (χ4n) is 6.09. The Morgan fingerprint density at radius 1 is 1.06 bits per heavy atom. The minimum Gasteiger partial charge on any atom is -0.336 e. The van der Waals surface area contributed by atoms with Crippen molar-refractivity contribution in [2.45, 2.75) is 55.9 Å². The first-order valence-corrected chi connectivity index (χ1v) is 12.2. The predicted octanol–water partition coefficient (Wildman–Crippen LogP) is -0.0455. The lowest BCUT2D eigenvalue weighted by Crippen LogP contribution is -2.67. The van der Waals surface area contributed by atoms with Crippen molar-refractivity contribution < 1.29 is 19.2 Å². The number of benzene rings is 1. The molecule has 4 saturated heterocycles. The zero-order chi connectivity index (χ0) is 23.7. The number of hydrogen-bond donors (Lipinski definition) is 3. The Hall–Kier alpha value is -3.14. The SMILES string of the molecule is O=CN1CCC(N2CCNC2=O)CC1C(=O)N1CCCCC1C1(c2ccccc2)NCC(=O)N1. The summed E-state index contributed by atoms with van der Waals surface area (Å²) < 4.78 is 0. The number of nitrogens with one attached hydrogen (secondary N) is 3. The largest absolute Gasteiger partial charge is 0.336 e. The van der Waals surface area contributed by atoms with Gasteiger partial charge >= 0.3 is 6.03 Å². The maximum absolute atomic E-state index is 14.1. The van der Waals surface area contributed by atoms with E-state index in [0.717, 1.165) is 31.2 Å². The Labute approximate surface area is 199 Å². The number of nitrogens with zero attached hydrogens (tertiary/aromatic N) is 3. The normalized spacial score (nSPS) is 31.9. The van der Waals surface area contributed by atoms with Crippen LogP contribution in [0.25, 0.3) is 0 Å². The summed E-state index contributed by atoms with van der Waals surface area (Å²) >= 11 is 0. The number of hydrogen-bond acceptors (Lipinski definition) is 5. The van der Waals surface area contributed by atoms with Crippen molar-refractivity contribution in [2.75, 3.05) is 32.7 Å². The van der Waals surface area contributed by atoms with Crippen molar-refractivity contribution in [1.29, 1.82) is 0 Å². The summed E-state index contributed by atoms with van der Waals surface area (Å²) in [6, 6.07) is 8.62. The van der Waals surface area contributed by atoms with Gasteiger partial charge in [-0.2, -0.15) is 0 Å². The molecule has 0 bridgehead atoms. The van der Waals surface area contributed by atoms with Gasteiger partial charge in [-0.1, -0.05) is 30.3 Å². The second-order valence-electron chi connectivity index (χ2n) is 9.58. The van der Waals surface area contributed by atoms with Crippen LogP contribution in [0.5, 0.6) is 0 Å². The van der Waals surface area contributed by atoms with E-state index in [9.17, 15) is 19.2 Å². The number of carbonyl (C=O) groups excluding carboxylic acids is 4. The number of urea groups is 1. The molecule has 0 aromatic heterocycles. The van der Waals surface area contributed by atoms with Gasteiger partial charge in [0.25, 0.3) is 0 Å². The van der Waals surface area contributed by atoms with Crippen LogP contribution >= 0.6 is 0 Å². The highest BCUT2D eigenvalue weighted by atomic mass is 16.2. The van der Waals surface area contributed by atoms with E-state index in [1.807, 2.05) is 35.2 Å². The molecule has 4 heterocycles. The fraction of sp³-hybridized carbons (Fsp3) is 0.583. The van der Waals surface area contributed by atoms with Gasteiger partial charge < -0.3 is 25.3 Å². The van der Waals surface area contributed by atoms with Crippen LogP contribution in [-0.2, 0) is 20.0 Å². The zero-order valence-corrected chi connectivity index (χ0v) is 19.2. The molecule has 0 spiro atoms. The first-order valence-electron chi connectivity index (χ1n) is 12.2. The number of amides is 5. The predicted molar refractivity (Wildman–Crippen MR) is 123 cm³/mol. The summed E-state index contributed by atoms with van der Waals surface area (Å²) in [5.41, 5.74) is 0.0385. The third-order valence-corrected chi connectivity index (χ3v) is 7.75. The molecule has 3 N–H and O–H groups in total. The molecule has 4 aliphatic rings. The summed E-state index contributed by atoms with van der Waals surface area (Å²) in [4.78, 5) is 55.8. The molecular formula is C24H32N6O4. The minimum atomic E-state index is -0.872. The smallest absolute Gasteiger partial charge is 0.317 e. The molecule has 10 nitrogen and oxygen atoms in total. The van der Waals surface area contributed by atoms with Crippen LogP contribution in [0.4, 0.5) is 4.79 Å². The Balaban J connectivity index is 1.44. The third-order valence-electron chi connectivity index (χ3n) is 7.75. The quantitative estimate of drug-likeness (QED) is 0.525. The van der Waals surface area contributed by atoms with Crippen LogP contribution in [0, 0.1) is 0 Å². The van der Waals surface area contributed by atoms with Gasteiger partial charge in [-0.15, -0.1) is 0 Å². The highest BCUT2D eigenvalue weighted by molar-refractivity contribution is 5.86. The van der Waals surface area contributed by atoms with E-state index in [0.29, 0.717) is 39.0 Å². The van der Waals surface area contributed by atoms with Gasteiger partial charge in [0.2, 0.25) is 18.2 Å². The maximum atomic E-state index is 14.1. The highest BCUT2D eigenvalue weighted by Gasteiger charge is 2.51. The molecule has 5 rings (SSSR count). The van der Waals surface area contributed by atoms with Gasteiger partial charge in [0, 0.05) is 32.2 Å². The van der Waals surface area contributed by atoms with Gasteiger partial charge in [0.1, 0.15) is 11.7 Å². The van der Waals surface area contributed by atoms with E-state index >= 15 is 0 Å². The molecule has 4 atom stereocenters. The molecule has 34 heavy (non-hydrogen) atoms. The van der Waals surface area contributed by atoms with Crippen LogP contribution < -0.4 is 16.0 Å². The fourth-order valence-corrected chi connectivity index (χ4v) is 6.09. The second-order valence-corrected chi connectivity index (χ2v) is 9.58. The van der Waals surface area contributed by atoms with Crippen LogP contribution in [0.1, 0.15) is 37.7 Å². The molecule has 5 amide bonds. The van der Waals surface area contributed by atoms with E-state index < -0.39 is 11.7 Å². The first kappa shape index (κ1) is 22.6. The van der Waals surface area contributed by atoms with Crippen LogP contribution in [0.15, 0.2) is 30.3 Å². The Kier molecular flexibility index (Phi) is 6.16. The standard InChI is InChI=1S/C24H32N6O4/c31-16-28-12-9-18(29-13-10-25-23(29)34)14-19(28)22(33)30-11-5-4-8-20(30)24(26-15-21(32)27-24)17-6-2-1-3-7-17/h1-3,6-7,16,18-20,26H,4-5,8-15H2,(H,25,34)(H,27,32). The van der Waals surface area contributed by atoms with Gasteiger partial charge in [-0.25, -0.2) is 4.79 Å². The lowest BCUT2D eigenvalue weighted by molar-refractivity contribution is -0.149. The van der Waals surface area contributed by atoms with Gasteiger partial charge in [0.15, 0.2) is 0 Å². The van der Waals surface area contributed by atoms with E-state index in [1.165, 1.54) is 0 Å². The van der Waals surface area contributed by atoms with Crippen molar-refractivity contribution in [2.24, 2.45) is 0 Å². The van der Waals surface area contributed by atoms with Crippen molar-refractivity contribution in [3.05, 3.63) is 35.9 Å². The topological polar surface area (TPSA) is 114 Å². The van der Waals surface area contributed by atoms with Gasteiger partial charge in [-0.3, -0.25) is 19.7 Å². The zero-order valence-electron chi connectivity index (χ0n) is 19.2. The van der Waals surface area contributed by atoms with E-state index in [1.54, 1.807) is 9.80 Å². The van der Waals surface area contributed by atoms with Gasteiger partial charge in [-0.05, 0) is 37.7 Å². The van der Waals surface area contributed by atoms with Gasteiger partial charge in [0.05, 0.1) is 12.6 Å². The molecule has 0 saturated carbocycles. The summed E-state index contributed by atoms with van der Waals surface area (Å²) in [6.45, 7) is 2.40. The maximum Gasteiger partial charge on any atom is 0.317 e. The Bertz CT molecular complexity index is 958. The van der Waals surface area contributed by atoms with Crippen LogP contribution in [0.3, 0.4) is 0 Å². The molecule has 1 aromatic carbocycles. The summed E-state index contributed by atoms with van der Waals surface area (Å²) in [5.74, 6) is -0.214. The summed E-state index contributed by atoms with van der Waals surface area (Å²) in [6.07, 6.45) is 4.38. The Morgan fingerprint density at radius 3 is 2.56 bits per heavy atom. The molecule has 4 unspecified atom stereocenters. The van der Waals surface area contributed by atoms with E-state index in [2.05, 4.69) is 16.0 Å². The van der Waals surface area contributed by atoms with Crippen molar-refractivity contribution in [1.82, 2.24) is 30.7 Å². The van der Waals surface area contributed by atoms with Crippen LogP contribution in [0.2, 0.25) is 0 Å². The summed E-state index contributed by atoms with van der Waals surface area (Å²) in [5, 5.41) is 9.35. The molecule has 4 fully saturated rings. The van der Waals surface area contributed by atoms with Crippen LogP contribution in [-0.4, -0.2) is 89.8 Å². The van der Waals surface area contributed by atoms with Crippen molar-refractivity contribution in [3.8, 4) is 0 Å². The Morgan fingerprint density at radius 2 is 1.88 bits per heavy atom. The average Bonchev–Trinajstić information content (AvgIpc) is 3.50. The number of piperidine rings is 2. The third kappa shape index (κ3) is 3.89. The van der Waals surface area contributed by atoms with Crippen molar-refractivity contribution in [3.63, 3.8) is 0 Å². The average molecular weight is 469 g/mol. The summed E-state index contributed by atoms with van der Waals surface area (Å²) in [7, 11) is 0. The molecule has 0 aliphatic carbocycles. The molecule has 0 radical (unpaired) electrons. The second kappa shape index (κ2) is 9.25. The minimum absolute atomic E-state index is 0.0803. The van der Waals surface area contributed by atoms with E-state index in [-0.39, 0.29) is 36.5 Å². The van der Waals surface area contributed by atoms with Crippen molar-refractivity contribution >= 4 is 24.3 Å². The molecule has 182 valence electrons. The molecular weight excluding hydrogens is 436 g/mol. The molecule has 1 aromatic rings. The number of rotatable bonds is 5. The lowest BCUT2D eigenvalue weighted by atomic mass is 9.84. The highest BCUT2D eigenvalue weighted by Crippen LogP contribution is 2.36. The lowest BCUT2D eigenvalue weighted by Gasteiger charge is -2.49. The molecule has 4 aliphatic heterocycles. The first-order chi connectivity index (χ1) is 16.5. The number of carbonyl (C=O) groups is 4. The van der Waals surface area contributed by atoms with E-state index in [4.69, 9.17) is 0 Å².